The Kier molecular flexibility index (Phi) is 5.22. The van der Waals surface area contributed by atoms with Crippen molar-refractivity contribution in [3.8, 4) is 6.07 Å². The lowest BCUT2D eigenvalue weighted by Gasteiger charge is -2.16. The number of nitriles is 1. The lowest BCUT2D eigenvalue weighted by molar-refractivity contribution is -0.129. The number of carbonyl (C=O) groups is 1. The molecule has 0 aliphatic heterocycles. The molecule has 0 atom stereocenters. The Morgan fingerprint density at radius 3 is 2.88 bits per heavy atom. The molecule has 1 rings (SSSR count). The quantitative estimate of drug-likeness (QED) is 0.779. The first-order valence-corrected chi connectivity index (χ1v) is 5.80. The van der Waals surface area contributed by atoms with Crippen molar-refractivity contribution in [3.05, 3.63) is 35.4 Å². The van der Waals surface area contributed by atoms with Crippen LogP contribution in [0, 0.1) is 18.3 Å². The van der Waals surface area contributed by atoms with Gasteiger partial charge in [0.05, 0.1) is 6.07 Å². The van der Waals surface area contributed by atoms with Gasteiger partial charge in [0, 0.05) is 26.4 Å². The molecule has 0 aromatic heterocycles. The molecule has 3 nitrogen and oxygen atoms in total. The summed E-state index contributed by atoms with van der Waals surface area (Å²) < 4.78 is 0. The molecular formula is C14H18N2O. The lowest BCUT2D eigenvalue weighted by atomic mass is 10.1. The van der Waals surface area contributed by atoms with Crippen LogP contribution in [0.15, 0.2) is 24.3 Å². The molecule has 0 heterocycles. The molecule has 0 fully saturated rings. The van der Waals surface area contributed by atoms with Gasteiger partial charge in [0.15, 0.2) is 0 Å². The maximum Gasteiger partial charge on any atom is 0.223 e. The van der Waals surface area contributed by atoms with Gasteiger partial charge in [0.2, 0.25) is 5.91 Å². The molecule has 17 heavy (non-hydrogen) atoms. The van der Waals surface area contributed by atoms with Crippen molar-refractivity contribution in [2.45, 2.75) is 26.2 Å². The highest BCUT2D eigenvalue weighted by molar-refractivity contribution is 5.76. The van der Waals surface area contributed by atoms with Gasteiger partial charge in [-0.2, -0.15) is 5.26 Å². The highest BCUT2D eigenvalue weighted by atomic mass is 16.2. The number of rotatable bonds is 5. The second kappa shape index (κ2) is 6.70. The van der Waals surface area contributed by atoms with E-state index in [0.717, 1.165) is 6.42 Å². The zero-order chi connectivity index (χ0) is 12.7. The van der Waals surface area contributed by atoms with E-state index in [4.69, 9.17) is 5.26 Å². The summed E-state index contributed by atoms with van der Waals surface area (Å²) in [5, 5.41) is 8.41. The minimum Gasteiger partial charge on any atom is -0.345 e. The topological polar surface area (TPSA) is 44.1 Å². The Balaban J connectivity index is 2.40. The zero-order valence-electron chi connectivity index (χ0n) is 10.4. The molecule has 0 saturated carbocycles. The first-order valence-electron chi connectivity index (χ1n) is 5.80. The maximum absolute atomic E-state index is 11.6. The van der Waals surface area contributed by atoms with Crippen molar-refractivity contribution in [1.29, 1.82) is 5.26 Å². The highest BCUT2D eigenvalue weighted by Crippen LogP contribution is 2.05. The van der Waals surface area contributed by atoms with E-state index in [0.29, 0.717) is 19.4 Å². The first kappa shape index (κ1) is 13.2. The van der Waals surface area contributed by atoms with Crippen molar-refractivity contribution in [1.82, 2.24) is 4.90 Å². The standard InChI is InChI=1S/C14H18N2O/c1-12-5-3-6-13(11-12)8-10-16(2)14(17)7-4-9-15/h3,5-6,11H,4,7-8,10H2,1-2H3. The summed E-state index contributed by atoms with van der Waals surface area (Å²) in [4.78, 5) is 13.3. The number of carbonyl (C=O) groups excluding carboxylic acids is 1. The van der Waals surface area contributed by atoms with E-state index in [1.54, 1.807) is 11.9 Å². The Labute approximate surface area is 103 Å². The van der Waals surface area contributed by atoms with Crippen LogP contribution in [0.2, 0.25) is 0 Å². The Bertz CT molecular complexity index is 420. The number of aryl methyl sites for hydroxylation is 1. The molecule has 0 spiro atoms. The van der Waals surface area contributed by atoms with Gasteiger partial charge in [-0.1, -0.05) is 29.8 Å². The predicted octanol–water partition coefficient (Wildman–Crippen LogP) is 2.30. The van der Waals surface area contributed by atoms with E-state index in [-0.39, 0.29) is 5.91 Å². The molecule has 1 amide bonds. The van der Waals surface area contributed by atoms with E-state index in [1.807, 2.05) is 12.1 Å². The van der Waals surface area contributed by atoms with Crippen LogP contribution in [0.3, 0.4) is 0 Å². The van der Waals surface area contributed by atoms with Crippen LogP contribution >= 0.6 is 0 Å². The third-order valence-corrected chi connectivity index (χ3v) is 2.69. The number of benzene rings is 1. The number of nitrogens with zero attached hydrogens (tertiary/aromatic N) is 2. The maximum atomic E-state index is 11.6. The molecular weight excluding hydrogens is 212 g/mol. The van der Waals surface area contributed by atoms with Gasteiger partial charge in [0.1, 0.15) is 0 Å². The van der Waals surface area contributed by atoms with E-state index in [9.17, 15) is 4.79 Å². The summed E-state index contributed by atoms with van der Waals surface area (Å²) in [7, 11) is 1.79. The molecule has 90 valence electrons. The summed E-state index contributed by atoms with van der Waals surface area (Å²) in [5.41, 5.74) is 2.48. The lowest BCUT2D eigenvalue weighted by Crippen LogP contribution is -2.28. The highest BCUT2D eigenvalue weighted by Gasteiger charge is 2.07. The zero-order valence-corrected chi connectivity index (χ0v) is 10.4. The summed E-state index contributed by atoms with van der Waals surface area (Å²) in [6.07, 6.45) is 1.48. The van der Waals surface area contributed by atoms with Crippen molar-refractivity contribution < 1.29 is 4.79 Å². The largest absolute Gasteiger partial charge is 0.345 e. The Hall–Kier alpha value is -1.82. The molecule has 0 aliphatic carbocycles. The Morgan fingerprint density at radius 1 is 1.47 bits per heavy atom. The monoisotopic (exact) mass is 230 g/mol. The summed E-state index contributed by atoms with van der Waals surface area (Å²) in [6, 6.07) is 10.3. The van der Waals surface area contributed by atoms with Crippen LogP contribution in [-0.2, 0) is 11.2 Å². The number of hydrogen-bond donors (Lipinski definition) is 0. The molecule has 1 aromatic carbocycles. The van der Waals surface area contributed by atoms with Crippen molar-refractivity contribution in [2.75, 3.05) is 13.6 Å². The van der Waals surface area contributed by atoms with Crippen LogP contribution in [0.4, 0.5) is 0 Å². The molecule has 0 aliphatic rings. The summed E-state index contributed by atoms with van der Waals surface area (Å²) >= 11 is 0. The van der Waals surface area contributed by atoms with E-state index in [1.165, 1.54) is 11.1 Å². The van der Waals surface area contributed by atoms with Gasteiger partial charge in [-0.15, -0.1) is 0 Å². The van der Waals surface area contributed by atoms with Gasteiger partial charge in [-0.05, 0) is 18.9 Å². The summed E-state index contributed by atoms with van der Waals surface area (Å²) in [6.45, 7) is 2.76. The van der Waals surface area contributed by atoms with E-state index < -0.39 is 0 Å². The molecule has 0 bridgehead atoms. The average molecular weight is 230 g/mol. The van der Waals surface area contributed by atoms with Gasteiger partial charge in [-0.25, -0.2) is 0 Å². The van der Waals surface area contributed by atoms with Gasteiger partial charge >= 0.3 is 0 Å². The van der Waals surface area contributed by atoms with Gasteiger partial charge in [-0.3, -0.25) is 4.79 Å². The fraction of sp³-hybridized carbons (Fsp3) is 0.429. The fourth-order valence-corrected chi connectivity index (χ4v) is 1.64. The minimum absolute atomic E-state index is 0.0409. The van der Waals surface area contributed by atoms with Gasteiger partial charge < -0.3 is 4.90 Å². The van der Waals surface area contributed by atoms with E-state index >= 15 is 0 Å². The second-order valence-electron chi connectivity index (χ2n) is 4.21. The number of hydrogen-bond acceptors (Lipinski definition) is 2. The Morgan fingerprint density at radius 2 is 2.24 bits per heavy atom. The SMILES string of the molecule is Cc1cccc(CCN(C)C(=O)CCC#N)c1. The molecule has 0 radical (unpaired) electrons. The predicted molar refractivity (Wildman–Crippen MR) is 67.4 cm³/mol. The van der Waals surface area contributed by atoms with Crippen LogP contribution in [0.25, 0.3) is 0 Å². The molecule has 0 N–H and O–H groups in total. The molecule has 1 aromatic rings. The van der Waals surface area contributed by atoms with Crippen molar-refractivity contribution in [3.63, 3.8) is 0 Å². The number of amides is 1. The van der Waals surface area contributed by atoms with Crippen molar-refractivity contribution >= 4 is 5.91 Å². The minimum atomic E-state index is 0.0409. The number of likely N-dealkylation sites (N-methyl/N-ethyl adjacent to an activating group) is 1. The van der Waals surface area contributed by atoms with Crippen molar-refractivity contribution in [2.24, 2.45) is 0 Å². The van der Waals surface area contributed by atoms with Crippen LogP contribution < -0.4 is 0 Å². The van der Waals surface area contributed by atoms with E-state index in [2.05, 4.69) is 25.1 Å². The third kappa shape index (κ3) is 4.69. The normalized spacial score (nSPS) is 9.71. The van der Waals surface area contributed by atoms with Gasteiger partial charge in [0.25, 0.3) is 0 Å². The van der Waals surface area contributed by atoms with Crippen LogP contribution in [0.5, 0.6) is 0 Å². The summed E-state index contributed by atoms with van der Waals surface area (Å²) in [5.74, 6) is 0.0409. The second-order valence-corrected chi connectivity index (χ2v) is 4.21. The smallest absolute Gasteiger partial charge is 0.223 e. The fourth-order valence-electron chi connectivity index (χ4n) is 1.64. The average Bonchev–Trinajstić information content (AvgIpc) is 2.33. The third-order valence-electron chi connectivity index (χ3n) is 2.69. The van der Waals surface area contributed by atoms with Crippen LogP contribution in [0.1, 0.15) is 24.0 Å². The molecule has 0 unspecified atom stereocenters. The van der Waals surface area contributed by atoms with Crippen LogP contribution in [-0.4, -0.2) is 24.4 Å². The molecule has 0 saturated heterocycles. The molecule has 3 heteroatoms. The first-order chi connectivity index (χ1) is 8.13.